The highest BCUT2D eigenvalue weighted by atomic mass is 31.2. The van der Waals surface area contributed by atoms with Gasteiger partial charge in [0.15, 0.2) is 0 Å². The molecule has 0 heterocycles. The summed E-state index contributed by atoms with van der Waals surface area (Å²) in [4.78, 5) is 11.7. The maximum Gasteiger partial charge on any atom is 0.353 e. The largest absolute Gasteiger partial charge is 0.465 e. The number of carbonyl (C=O) groups excluding carboxylic acids is 1. The number of rotatable bonds is 8. The molecule has 5 nitrogen and oxygen atoms in total. The van der Waals surface area contributed by atoms with Gasteiger partial charge < -0.3 is 13.8 Å². The Morgan fingerprint density at radius 1 is 1.17 bits per heavy atom. The van der Waals surface area contributed by atoms with Crippen LogP contribution in [0.5, 0.6) is 0 Å². The molecule has 0 rings (SSSR count). The second kappa shape index (κ2) is 7.16. The van der Waals surface area contributed by atoms with Crippen molar-refractivity contribution < 1.29 is 31.9 Å². The minimum absolute atomic E-state index is 0.0978. The van der Waals surface area contributed by atoms with Crippen molar-refractivity contribution in [3.05, 3.63) is 0 Å². The number of halogens is 2. The number of hydrogen-bond acceptors (Lipinski definition) is 5. The number of ether oxygens (including phenoxy) is 1. The lowest BCUT2D eigenvalue weighted by Crippen LogP contribution is -2.45. The van der Waals surface area contributed by atoms with E-state index in [9.17, 15) is 18.1 Å². The molecule has 0 N–H and O–H groups in total. The van der Waals surface area contributed by atoms with Crippen LogP contribution in [0.2, 0.25) is 0 Å². The summed E-state index contributed by atoms with van der Waals surface area (Å²) in [6.45, 7) is 4.93. The van der Waals surface area contributed by atoms with Crippen LogP contribution in [0.25, 0.3) is 0 Å². The molecule has 18 heavy (non-hydrogen) atoms. The van der Waals surface area contributed by atoms with Crippen LogP contribution in [0.15, 0.2) is 0 Å². The SMILES string of the molecule is CCOC(=O)C(C)(C(F)F)P(=O)(OCC)OCC. The van der Waals surface area contributed by atoms with Gasteiger partial charge >= 0.3 is 13.6 Å². The minimum Gasteiger partial charge on any atom is -0.465 e. The lowest BCUT2D eigenvalue weighted by molar-refractivity contribution is -0.151. The number of hydrogen-bond donors (Lipinski definition) is 0. The molecule has 0 aliphatic heterocycles. The third-order valence-corrected chi connectivity index (χ3v) is 4.99. The summed E-state index contributed by atoms with van der Waals surface area (Å²) in [5.41, 5.74) is 0. The molecule has 0 aromatic carbocycles. The fourth-order valence-electron chi connectivity index (χ4n) is 1.24. The van der Waals surface area contributed by atoms with Crippen LogP contribution in [-0.4, -0.2) is 37.4 Å². The van der Waals surface area contributed by atoms with Gasteiger partial charge in [0.1, 0.15) is 0 Å². The Kier molecular flexibility index (Phi) is 6.96. The van der Waals surface area contributed by atoms with Gasteiger partial charge in [-0.25, -0.2) is 8.78 Å². The van der Waals surface area contributed by atoms with E-state index in [1.165, 1.54) is 20.8 Å². The van der Waals surface area contributed by atoms with Crippen LogP contribution in [0, 0.1) is 0 Å². The monoisotopic (exact) mass is 288 g/mol. The minimum atomic E-state index is -4.31. The molecule has 108 valence electrons. The number of esters is 1. The van der Waals surface area contributed by atoms with Crippen LogP contribution in [0.3, 0.4) is 0 Å². The third-order valence-electron chi connectivity index (χ3n) is 2.28. The molecule has 0 bridgehead atoms. The van der Waals surface area contributed by atoms with Gasteiger partial charge in [0, 0.05) is 0 Å². The molecule has 0 spiro atoms. The maximum absolute atomic E-state index is 13.2. The van der Waals surface area contributed by atoms with E-state index in [1.54, 1.807) is 0 Å². The van der Waals surface area contributed by atoms with Crippen molar-refractivity contribution >= 4 is 13.6 Å². The Hall–Kier alpha value is -0.520. The Balaban J connectivity index is 5.52. The van der Waals surface area contributed by atoms with Crippen LogP contribution < -0.4 is 0 Å². The maximum atomic E-state index is 13.2. The first kappa shape index (κ1) is 17.5. The average Bonchev–Trinajstić information content (AvgIpc) is 2.28. The van der Waals surface area contributed by atoms with Gasteiger partial charge in [-0.05, 0) is 27.7 Å². The molecule has 0 aliphatic rings. The molecular formula is C10H19F2O5P. The first-order valence-electron chi connectivity index (χ1n) is 5.64. The molecule has 0 aromatic heterocycles. The van der Waals surface area contributed by atoms with Crippen molar-refractivity contribution in [3.63, 3.8) is 0 Å². The van der Waals surface area contributed by atoms with Gasteiger partial charge in [0.2, 0.25) is 5.16 Å². The fraction of sp³-hybridized carbons (Fsp3) is 0.900. The van der Waals surface area contributed by atoms with Crippen LogP contribution >= 0.6 is 7.60 Å². The van der Waals surface area contributed by atoms with Crippen LogP contribution in [0.4, 0.5) is 8.78 Å². The summed E-state index contributed by atoms with van der Waals surface area (Å²) in [6, 6.07) is 0. The highest BCUT2D eigenvalue weighted by Crippen LogP contribution is 2.62. The predicted octanol–water partition coefficient (Wildman–Crippen LogP) is 2.84. The zero-order valence-corrected chi connectivity index (χ0v) is 11.8. The lowest BCUT2D eigenvalue weighted by atomic mass is 10.2. The van der Waals surface area contributed by atoms with Crippen molar-refractivity contribution in [2.45, 2.75) is 39.3 Å². The molecule has 0 aromatic rings. The van der Waals surface area contributed by atoms with E-state index in [2.05, 4.69) is 4.74 Å². The molecule has 0 aliphatic carbocycles. The van der Waals surface area contributed by atoms with Crippen LogP contribution in [0.1, 0.15) is 27.7 Å². The van der Waals surface area contributed by atoms with E-state index in [1.807, 2.05) is 0 Å². The summed E-state index contributed by atoms with van der Waals surface area (Å²) in [7, 11) is -4.31. The summed E-state index contributed by atoms with van der Waals surface area (Å²) in [6.07, 6.45) is -3.22. The van der Waals surface area contributed by atoms with Crippen LogP contribution in [-0.2, 0) is 23.1 Å². The van der Waals surface area contributed by atoms with Gasteiger partial charge in [-0.1, -0.05) is 0 Å². The molecule has 1 unspecified atom stereocenters. The van der Waals surface area contributed by atoms with E-state index >= 15 is 0 Å². The van der Waals surface area contributed by atoms with Gasteiger partial charge in [-0.2, -0.15) is 0 Å². The summed E-state index contributed by atoms with van der Waals surface area (Å²) >= 11 is 0. The molecule has 1 atom stereocenters. The second-order valence-corrected chi connectivity index (χ2v) is 5.94. The molecule has 0 amide bonds. The van der Waals surface area contributed by atoms with Crippen molar-refractivity contribution in [1.29, 1.82) is 0 Å². The first-order valence-corrected chi connectivity index (χ1v) is 7.18. The lowest BCUT2D eigenvalue weighted by Gasteiger charge is -2.32. The summed E-state index contributed by atoms with van der Waals surface area (Å²) in [5, 5.41) is -2.62. The van der Waals surface area contributed by atoms with Crippen molar-refractivity contribution in [3.8, 4) is 0 Å². The van der Waals surface area contributed by atoms with E-state index in [0.29, 0.717) is 0 Å². The first-order chi connectivity index (χ1) is 8.30. The highest BCUT2D eigenvalue weighted by molar-refractivity contribution is 7.56. The molecular weight excluding hydrogens is 269 g/mol. The topological polar surface area (TPSA) is 61.8 Å². The number of carbonyl (C=O) groups is 1. The van der Waals surface area contributed by atoms with Gasteiger partial charge in [-0.15, -0.1) is 0 Å². The van der Waals surface area contributed by atoms with Gasteiger partial charge in [0.05, 0.1) is 19.8 Å². The van der Waals surface area contributed by atoms with E-state index in [-0.39, 0.29) is 19.8 Å². The third kappa shape index (κ3) is 3.28. The Morgan fingerprint density at radius 3 is 1.89 bits per heavy atom. The Morgan fingerprint density at radius 2 is 1.61 bits per heavy atom. The fourth-order valence-corrected chi connectivity index (χ4v) is 3.06. The molecule has 0 radical (unpaired) electrons. The van der Waals surface area contributed by atoms with Gasteiger partial charge in [0.25, 0.3) is 6.43 Å². The molecule has 8 heteroatoms. The average molecular weight is 288 g/mol. The smallest absolute Gasteiger partial charge is 0.353 e. The van der Waals surface area contributed by atoms with Gasteiger partial charge in [-0.3, -0.25) is 9.36 Å². The Bertz CT molecular complexity index is 313. The normalized spacial score (nSPS) is 15.5. The van der Waals surface area contributed by atoms with E-state index < -0.39 is 25.1 Å². The zero-order chi connectivity index (χ0) is 14.4. The van der Waals surface area contributed by atoms with Crippen molar-refractivity contribution in [1.82, 2.24) is 0 Å². The summed E-state index contributed by atoms with van der Waals surface area (Å²) in [5.74, 6) is -1.29. The van der Waals surface area contributed by atoms with E-state index in [0.717, 1.165) is 6.92 Å². The number of alkyl halides is 2. The molecule has 0 saturated heterocycles. The van der Waals surface area contributed by atoms with Crippen molar-refractivity contribution in [2.24, 2.45) is 0 Å². The standard InChI is InChI=1S/C10H19F2O5P/c1-5-15-9(13)10(4,8(11)12)18(14,16-6-2)17-7-3/h8H,5-7H2,1-4H3. The molecule has 0 fully saturated rings. The van der Waals surface area contributed by atoms with E-state index in [4.69, 9.17) is 9.05 Å². The summed E-state index contributed by atoms with van der Waals surface area (Å²) < 4.78 is 52.9. The predicted molar refractivity (Wildman–Crippen MR) is 61.9 cm³/mol. The molecule has 0 saturated carbocycles. The Labute approximate surface area is 105 Å². The quantitative estimate of drug-likeness (QED) is 0.507. The second-order valence-electron chi connectivity index (χ2n) is 3.50. The highest BCUT2D eigenvalue weighted by Gasteiger charge is 2.61. The zero-order valence-electron chi connectivity index (χ0n) is 10.9. The van der Waals surface area contributed by atoms with Crippen molar-refractivity contribution in [2.75, 3.05) is 19.8 Å².